The molecule has 2 rings (SSSR count). The summed E-state index contributed by atoms with van der Waals surface area (Å²) < 4.78 is 1.70. The van der Waals surface area contributed by atoms with Gasteiger partial charge in [-0.15, -0.1) is 0 Å². The lowest BCUT2D eigenvalue weighted by atomic mass is 10.1. The third-order valence-electron chi connectivity index (χ3n) is 2.87. The molecule has 5 heteroatoms. The van der Waals surface area contributed by atoms with E-state index in [4.69, 9.17) is 0 Å². The van der Waals surface area contributed by atoms with Crippen molar-refractivity contribution in [1.82, 2.24) is 9.78 Å². The molecule has 1 heterocycles. The van der Waals surface area contributed by atoms with Crippen LogP contribution in [0.3, 0.4) is 0 Å². The van der Waals surface area contributed by atoms with Crippen LogP contribution in [0.1, 0.15) is 18.9 Å². The van der Waals surface area contributed by atoms with Gasteiger partial charge >= 0.3 is 0 Å². The Kier molecular flexibility index (Phi) is 4.18. The summed E-state index contributed by atoms with van der Waals surface area (Å²) in [5.74, 6) is -0.0521. The van der Waals surface area contributed by atoms with Crippen molar-refractivity contribution >= 4 is 11.6 Å². The van der Waals surface area contributed by atoms with Gasteiger partial charge in [-0.2, -0.15) is 5.10 Å². The fourth-order valence-corrected chi connectivity index (χ4v) is 1.76. The van der Waals surface area contributed by atoms with E-state index in [0.717, 1.165) is 12.0 Å². The molecule has 1 aromatic carbocycles. The summed E-state index contributed by atoms with van der Waals surface area (Å²) in [5.41, 5.74) is 1.53. The number of aromatic hydroxyl groups is 1. The molecule has 0 fully saturated rings. The first-order valence-corrected chi connectivity index (χ1v) is 6.28. The Labute approximate surface area is 111 Å². The van der Waals surface area contributed by atoms with Gasteiger partial charge in [-0.1, -0.05) is 13.0 Å². The van der Waals surface area contributed by atoms with Crippen molar-refractivity contribution in [3.05, 3.63) is 42.2 Å². The Bertz CT molecular complexity index is 550. The quantitative estimate of drug-likeness (QED) is 0.809. The maximum atomic E-state index is 11.8. The minimum Gasteiger partial charge on any atom is -0.506 e. The zero-order chi connectivity index (χ0) is 13.7. The van der Waals surface area contributed by atoms with E-state index in [9.17, 15) is 9.90 Å². The molecule has 0 saturated carbocycles. The molecular weight excluding hydrogens is 242 g/mol. The SMILES string of the molecule is CCc1ccc(O)c(NC(=O)CCn2cccn2)c1. The zero-order valence-corrected chi connectivity index (χ0v) is 10.8. The predicted molar refractivity (Wildman–Crippen MR) is 73.0 cm³/mol. The Morgan fingerprint density at radius 2 is 2.32 bits per heavy atom. The molecule has 0 saturated heterocycles. The number of anilines is 1. The van der Waals surface area contributed by atoms with Crippen LogP contribution in [0.15, 0.2) is 36.7 Å². The number of nitrogens with one attached hydrogen (secondary N) is 1. The number of aryl methyl sites for hydroxylation is 2. The normalized spacial score (nSPS) is 10.4. The van der Waals surface area contributed by atoms with Crippen LogP contribution in [0.2, 0.25) is 0 Å². The van der Waals surface area contributed by atoms with Crippen molar-refractivity contribution in [3.8, 4) is 5.75 Å². The van der Waals surface area contributed by atoms with E-state index in [-0.39, 0.29) is 11.7 Å². The van der Waals surface area contributed by atoms with Crippen molar-refractivity contribution < 1.29 is 9.90 Å². The summed E-state index contributed by atoms with van der Waals surface area (Å²) in [7, 11) is 0. The van der Waals surface area contributed by atoms with E-state index < -0.39 is 0 Å². The average molecular weight is 259 g/mol. The summed E-state index contributed by atoms with van der Waals surface area (Å²) in [6, 6.07) is 7.05. The van der Waals surface area contributed by atoms with Crippen molar-refractivity contribution in [2.75, 3.05) is 5.32 Å². The van der Waals surface area contributed by atoms with Gasteiger partial charge in [0.1, 0.15) is 5.75 Å². The van der Waals surface area contributed by atoms with E-state index >= 15 is 0 Å². The van der Waals surface area contributed by atoms with Crippen LogP contribution in [0, 0.1) is 0 Å². The number of benzene rings is 1. The van der Waals surface area contributed by atoms with Gasteiger partial charge in [0.25, 0.3) is 0 Å². The molecule has 2 aromatic rings. The summed E-state index contributed by atoms with van der Waals surface area (Å²) >= 11 is 0. The Hall–Kier alpha value is -2.30. The molecule has 0 aliphatic carbocycles. The number of rotatable bonds is 5. The first-order valence-electron chi connectivity index (χ1n) is 6.28. The lowest BCUT2D eigenvalue weighted by Gasteiger charge is -2.09. The van der Waals surface area contributed by atoms with Crippen LogP contribution in [0.5, 0.6) is 5.75 Å². The molecule has 0 atom stereocenters. The number of phenolic OH excluding ortho intramolecular Hbond substituents is 1. The highest BCUT2D eigenvalue weighted by atomic mass is 16.3. The molecule has 1 amide bonds. The molecule has 0 unspecified atom stereocenters. The topological polar surface area (TPSA) is 67.2 Å². The van der Waals surface area contributed by atoms with Crippen LogP contribution in [-0.4, -0.2) is 20.8 Å². The fourth-order valence-electron chi connectivity index (χ4n) is 1.76. The fraction of sp³-hybridized carbons (Fsp3) is 0.286. The van der Waals surface area contributed by atoms with Gasteiger partial charge in [-0.3, -0.25) is 9.48 Å². The molecular formula is C14H17N3O2. The molecule has 5 nitrogen and oxygen atoms in total. The average Bonchev–Trinajstić information content (AvgIpc) is 2.92. The number of amides is 1. The molecule has 1 aromatic heterocycles. The summed E-state index contributed by atoms with van der Waals surface area (Å²) in [4.78, 5) is 11.8. The van der Waals surface area contributed by atoms with Crippen LogP contribution in [0.25, 0.3) is 0 Å². The largest absolute Gasteiger partial charge is 0.506 e. The second-order valence-electron chi connectivity index (χ2n) is 4.27. The first-order chi connectivity index (χ1) is 9.19. The standard InChI is InChI=1S/C14H17N3O2/c1-2-11-4-5-13(18)12(10-11)16-14(19)6-9-17-8-3-7-15-17/h3-5,7-8,10,18H,2,6,9H2,1H3,(H,16,19). The van der Waals surface area contributed by atoms with Crippen LogP contribution in [-0.2, 0) is 17.8 Å². The predicted octanol–water partition coefficient (Wildman–Crippen LogP) is 2.18. The zero-order valence-electron chi connectivity index (χ0n) is 10.8. The van der Waals surface area contributed by atoms with Crippen molar-refractivity contribution in [2.45, 2.75) is 26.3 Å². The van der Waals surface area contributed by atoms with E-state index in [1.165, 1.54) is 0 Å². The van der Waals surface area contributed by atoms with E-state index in [1.54, 1.807) is 23.0 Å². The first kappa shape index (κ1) is 13.1. The number of carbonyl (C=O) groups is 1. The molecule has 100 valence electrons. The van der Waals surface area contributed by atoms with Crippen molar-refractivity contribution in [3.63, 3.8) is 0 Å². The van der Waals surface area contributed by atoms with Gasteiger partial charge in [0.05, 0.1) is 5.69 Å². The summed E-state index contributed by atoms with van der Waals surface area (Å²) in [6.07, 6.45) is 4.66. The molecule has 0 aliphatic rings. The maximum Gasteiger partial charge on any atom is 0.226 e. The molecule has 0 spiro atoms. The monoisotopic (exact) mass is 259 g/mol. The Morgan fingerprint density at radius 1 is 1.47 bits per heavy atom. The van der Waals surface area contributed by atoms with Gasteiger partial charge in [-0.25, -0.2) is 0 Å². The third kappa shape index (κ3) is 3.58. The number of hydrogen-bond acceptors (Lipinski definition) is 3. The highest BCUT2D eigenvalue weighted by molar-refractivity contribution is 5.92. The van der Waals surface area contributed by atoms with Crippen molar-refractivity contribution in [2.24, 2.45) is 0 Å². The molecule has 0 radical (unpaired) electrons. The van der Waals surface area contributed by atoms with Gasteiger partial charge in [0.15, 0.2) is 0 Å². The van der Waals surface area contributed by atoms with Gasteiger partial charge in [-0.05, 0) is 30.2 Å². The summed E-state index contributed by atoms with van der Waals surface area (Å²) in [6.45, 7) is 2.54. The van der Waals surface area contributed by atoms with Crippen LogP contribution in [0.4, 0.5) is 5.69 Å². The Morgan fingerprint density at radius 3 is 3.00 bits per heavy atom. The minimum atomic E-state index is -0.140. The highest BCUT2D eigenvalue weighted by Crippen LogP contribution is 2.24. The van der Waals surface area contributed by atoms with Gasteiger partial charge in [0, 0.05) is 25.4 Å². The van der Waals surface area contributed by atoms with E-state index in [0.29, 0.717) is 18.7 Å². The smallest absolute Gasteiger partial charge is 0.226 e. The minimum absolute atomic E-state index is 0.0876. The van der Waals surface area contributed by atoms with Gasteiger partial charge in [0.2, 0.25) is 5.91 Å². The number of hydrogen-bond donors (Lipinski definition) is 2. The summed E-state index contributed by atoms with van der Waals surface area (Å²) in [5, 5.41) is 16.4. The van der Waals surface area contributed by atoms with Gasteiger partial charge < -0.3 is 10.4 Å². The number of carbonyl (C=O) groups excluding carboxylic acids is 1. The van der Waals surface area contributed by atoms with E-state index in [1.807, 2.05) is 25.3 Å². The molecule has 2 N–H and O–H groups in total. The van der Waals surface area contributed by atoms with E-state index in [2.05, 4.69) is 10.4 Å². The molecule has 0 bridgehead atoms. The number of nitrogens with zero attached hydrogens (tertiary/aromatic N) is 2. The highest BCUT2D eigenvalue weighted by Gasteiger charge is 2.07. The van der Waals surface area contributed by atoms with Crippen LogP contribution < -0.4 is 5.32 Å². The van der Waals surface area contributed by atoms with Crippen LogP contribution >= 0.6 is 0 Å². The number of aromatic nitrogens is 2. The Balaban J connectivity index is 1.94. The molecule has 19 heavy (non-hydrogen) atoms. The number of phenols is 1. The second-order valence-corrected chi connectivity index (χ2v) is 4.27. The lowest BCUT2D eigenvalue weighted by Crippen LogP contribution is -2.15. The lowest BCUT2D eigenvalue weighted by molar-refractivity contribution is -0.116. The maximum absolute atomic E-state index is 11.8. The van der Waals surface area contributed by atoms with Crippen molar-refractivity contribution in [1.29, 1.82) is 0 Å². The third-order valence-corrected chi connectivity index (χ3v) is 2.87. The second kappa shape index (κ2) is 6.04. The molecule has 0 aliphatic heterocycles.